The van der Waals surface area contributed by atoms with Crippen LogP contribution in [0, 0.1) is 0 Å². The summed E-state index contributed by atoms with van der Waals surface area (Å²) in [4.78, 5) is 0. The number of hydrogen-bond acceptors (Lipinski definition) is 2. The Morgan fingerprint density at radius 3 is 2.36 bits per heavy atom. The van der Waals surface area contributed by atoms with E-state index >= 15 is 0 Å². The second kappa shape index (κ2) is 11.9. The molecule has 2 nitrogen and oxygen atoms in total. The molecular formula is C19H23Cl4NO. The lowest BCUT2D eigenvalue weighted by molar-refractivity contribution is 0.302. The van der Waals surface area contributed by atoms with Crippen LogP contribution >= 0.6 is 47.2 Å². The van der Waals surface area contributed by atoms with E-state index in [0.717, 1.165) is 30.0 Å². The molecule has 0 unspecified atom stereocenters. The van der Waals surface area contributed by atoms with Crippen molar-refractivity contribution in [2.45, 2.75) is 39.3 Å². The maximum Gasteiger partial charge on any atom is 0.124 e. The molecular weight excluding hydrogens is 400 g/mol. The summed E-state index contributed by atoms with van der Waals surface area (Å²) in [6.45, 7) is 4.31. The lowest BCUT2D eigenvalue weighted by Crippen LogP contribution is -2.15. The Labute approximate surface area is 171 Å². The van der Waals surface area contributed by atoms with E-state index in [2.05, 4.69) is 12.2 Å². The molecule has 0 bridgehead atoms. The van der Waals surface area contributed by atoms with Crippen molar-refractivity contribution in [1.29, 1.82) is 0 Å². The van der Waals surface area contributed by atoms with E-state index in [1.54, 1.807) is 6.07 Å². The molecule has 0 amide bonds. The molecule has 2 aromatic rings. The summed E-state index contributed by atoms with van der Waals surface area (Å²) >= 11 is 18.2. The van der Waals surface area contributed by atoms with E-state index in [1.807, 2.05) is 30.3 Å². The Morgan fingerprint density at radius 2 is 1.64 bits per heavy atom. The van der Waals surface area contributed by atoms with Gasteiger partial charge >= 0.3 is 0 Å². The number of hydrogen-bond donors (Lipinski definition) is 1. The van der Waals surface area contributed by atoms with Crippen LogP contribution in [0.1, 0.15) is 37.3 Å². The Bertz CT molecular complexity index is 664. The molecule has 0 saturated heterocycles. The van der Waals surface area contributed by atoms with Crippen molar-refractivity contribution in [2.24, 2.45) is 0 Å². The molecule has 25 heavy (non-hydrogen) atoms. The van der Waals surface area contributed by atoms with Crippen LogP contribution in [-0.4, -0.2) is 6.54 Å². The van der Waals surface area contributed by atoms with Gasteiger partial charge in [0.05, 0.1) is 0 Å². The van der Waals surface area contributed by atoms with Gasteiger partial charge in [-0.3, -0.25) is 0 Å². The quantitative estimate of drug-likeness (QED) is 0.442. The SMILES string of the molecule is CCCCCNCc1cc(Cl)ccc1OCc1ccc(Cl)cc1Cl.Cl. The molecule has 0 aliphatic heterocycles. The maximum absolute atomic E-state index is 6.19. The standard InChI is InChI=1S/C19H22Cl3NO.ClH/c1-2-3-4-9-23-12-15-10-16(20)7-8-19(15)24-13-14-5-6-17(21)11-18(14)22;/h5-8,10-11,23H,2-4,9,12-13H2,1H3;1H. The number of halogens is 4. The van der Waals surface area contributed by atoms with Gasteiger partial charge in [-0.15, -0.1) is 12.4 Å². The number of unbranched alkanes of at least 4 members (excludes halogenated alkanes) is 2. The van der Waals surface area contributed by atoms with Crippen molar-refractivity contribution in [3.63, 3.8) is 0 Å². The van der Waals surface area contributed by atoms with Gasteiger partial charge in [0, 0.05) is 32.7 Å². The van der Waals surface area contributed by atoms with E-state index in [1.165, 1.54) is 19.3 Å². The Balaban J connectivity index is 0.00000312. The Morgan fingerprint density at radius 1 is 0.920 bits per heavy atom. The first-order valence-corrected chi connectivity index (χ1v) is 9.29. The fraction of sp³-hybridized carbons (Fsp3) is 0.368. The van der Waals surface area contributed by atoms with Gasteiger partial charge in [0.2, 0.25) is 0 Å². The van der Waals surface area contributed by atoms with Gasteiger partial charge in [0.25, 0.3) is 0 Å². The minimum atomic E-state index is 0. The fourth-order valence-corrected chi connectivity index (χ4v) is 3.00. The summed E-state index contributed by atoms with van der Waals surface area (Å²) in [7, 11) is 0. The molecule has 1 N–H and O–H groups in total. The zero-order valence-electron chi connectivity index (χ0n) is 14.2. The molecule has 0 heterocycles. The van der Waals surface area contributed by atoms with Crippen LogP contribution in [0.2, 0.25) is 15.1 Å². The number of benzene rings is 2. The molecule has 0 atom stereocenters. The first kappa shape index (κ1) is 22.4. The predicted molar refractivity (Wildman–Crippen MR) is 111 cm³/mol. The average molecular weight is 423 g/mol. The maximum atomic E-state index is 6.19. The molecule has 6 heteroatoms. The molecule has 138 valence electrons. The first-order valence-electron chi connectivity index (χ1n) is 8.16. The highest BCUT2D eigenvalue weighted by Crippen LogP contribution is 2.26. The number of rotatable bonds is 9. The molecule has 2 aromatic carbocycles. The second-order valence-electron chi connectivity index (χ2n) is 5.66. The van der Waals surface area contributed by atoms with E-state index in [4.69, 9.17) is 39.5 Å². The van der Waals surface area contributed by atoms with Crippen molar-refractivity contribution >= 4 is 47.2 Å². The molecule has 0 aliphatic carbocycles. The van der Waals surface area contributed by atoms with Crippen molar-refractivity contribution < 1.29 is 4.74 Å². The number of ether oxygens (including phenoxy) is 1. The average Bonchev–Trinajstić information content (AvgIpc) is 2.55. The van der Waals surface area contributed by atoms with Crippen LogP contribution in [0.5, 0.6) is 5.75 Å². The summed E-state index contributed by atoms with van der Waals surface area (Å²) < 4.78 is 5.95. The zero-order chi connectivity index (χ0) is 17.4. The third kappa shape index (κ3) is 7.64. The monoisotopic (exact) mass is 421 g/mol. The summed E-state index contributed by atoms with van der Waals surface area (Å²) in [6, 6.07) is 11.1. The smallest absolute Gasteiger partial charge is 0.124 e. The van der Waals surface area contributed by atoms with Gasteiger partial charge in [0.1, 0.15) is 12.4 Å². The van der Waals surface area contributed by atoms with Gasteiger partial charge in [-0.25, -0.2) is 0 Å². The van der Waals surface area contributed by atoms with Crippen LogP contribution in [0.15, 0.2) is 36.4 Å². The fourth-order valence-electron chi connectivity index (χ4n) is 2.34. The highest BCUT2D eigenvalue weighted by Gasteiger charge is 2.07. The van der Waals surface area contributed by atoms with Crippen molar-refractivity contribution in [2.75, 3.05) is 6.54 Å². The zero-order valence-corrected chi connectivity index (χ0v) is 17.2. The molecule has 2 rings (SSSR count). The third-order valence-corrected chi connectivity index (χ3v) is 4.52. The molecule has 0 aliphatic rings. The van der Waals surface area contributed by atoms with Crippen molar-refractivity contribution in [1.82, 2.24) is 5.32 Å². The van der Waals surface area contributed by atoms with Gasteiger partial charge in [0.15, 0.2) is 0 Å². The van der Waals surface area contributed by atoms with E-state index < -0.39 is 0 Å². The highest BCUT2D eigenvalue weighted by atomic mass is 35.5. The Hall–Kier alpha value is -0.640. The van der Waals surface area contributed by atoms with Gasteiger partial charge in [-0.1, -0.05) is 60.6 Å². The van der Waals surface area contributed by atoms with E-state index in [-0.39, 0.29) is 12.4 Å². The highest BCUT2D eigenvalue weighted by molar-refractivity contribution is 6.35. The molecule has 0 saturated carbocycles. The molecule has 0 fully saturated rings. The van der Waals surface area contributed by atoms with Crippen LogP contribution in [-0.2, 0) is 13.2 Å². The first-order chi connectivity index (χ1) is 11.6. The largest absolute Gasteiger partial charge is 0.489 e. The summed E-state index contributed by atoms with van der Waals surface area (Å²) in [6.07, 6.45) is 3.63. The van der Waals surface area contributed by atoms with Crippen molar-refractivity contribution in [3.8, 4) is 5.75 Å². The molecule has 0 spiro atoms. The van der Waals surface area contributed by atoms with E-state index in [9.17, 15) is 0 Å². The van der Waals surface area contributed by atoms with Gasteiger partial charge in [-0.05, 0) is 43.3 Å². The van der Waals surface area contributed by atoms with E-state index in [0.29, 0.717) is 21.7 Å². The minimum absolute atomic E-state index is 0. The van der Waals surface area contributed by atoms with Crippen molar-refractivity contribution in [3.05, 3.63) is 62.6 Å². The summed E-state index contributed by atoms with van der Waals surface area (Å²) in [5, 5.41) is 5.37. The summed E-state index contributed by atoms with van der Waals surface area (Å²) in [5.41, 5.74) is 1.95. The molecule has 0 aromatic heterocycles. The van der Waals surface area contributed by atoms with Crippen LogP contribution in [0.4, 0.5) is 0 Å². The van der Waals surface area contributed by atoms with Gasteiger partial charge in [-0.2, -0.15) is 0 Å². The minimum Gasteiger partial charge on any atom is -0.489 e. The van der Waals surface area contributed by atoms with Crippen LogP contribution in [0.25, 0.3) is 0 Å². The predicted octanol–water partition coefficient (Wildman–Crippen LogP) is 6.93. The normalized spacial score (nSPS) is 10.4. The third-order valence-electron chi connectivity index (χ3n) is 3.69. The second-order valence-corrected chi connectivity index (χ2v) is 6.94. The van der Waals surface area contributed by atoms with Crippen LogP contribution < -0.4 is 10.1 Å². The topological polar surface area (TPSA) is 21.3 Å². The van der Waals surface area contributed by atoms with Gasteiger partial charge < -0.3 is 10.1 Å². The number of nitrogens with one attached hydrogen (secondary N) is 1. The molecule has 0 radical (unpaired) electrons. The van der Waals surface area contributed by atoms with Crippen LogP contribution in [0.3, 0.4) is 0 Å². The lowest BCUT2D eigenvalue weighted by atomic mass is 10.2. The Kier molecular flexibility index (Phi) is 10.6. The summed E-state index contributed by atoms with van der Waals surface area (Å²) in [5.74, 6) is 0.813. The lowest BCUT2D eigenvalue weighted by Gasteiger charge is -2.13.